The maximum absolute atomic E-state index is 12.0. The van der Waals surface area contributed by atoms with Crippen molar-refractivity contribution in [2.45, 2.75) is 11.6 Å². The molecule has 0 aliphatic rings. The molecule has 0 radical (unpaired) electrons. The summed E-state index contributed by atoms with van der Waals surface area (Å²) in [5.74, 6) is -0.890. The van der Waals surface area contributed by atoms with Crippen LogP contribution in [0.4, 0.5) is 0 Å². The van der Waals surface area contributed by atoms with Gasteiger partial charge in [-0.05, 0) is 0 Å². The molecule has 0 bridgehead atoms. The topological polar surface area (TPSA) is 54.4 Å². The molecule has 2 aromatic rings. The van der Waals surface area contributed by atoms with Crippen LogP contribution in [-0.2, 0) is 4.79 Å². The normalized spacial score (nSPS) is 12.4. The molecule has 20 heavy (non-hydrogen) atoms. The molecule has 0 aromatic heterocycles. The molecular weight excluding hydrogens is 315 g/mol. The number of hydrogen-bond donors (Lipinski definition) is 1. The molecule has 1 unspecified atom stereocenters. The second kappa shape index (κ2) is 6.53. The first-order valence-corrected chi connectivity index (χ1v) is 8.53. The van der Waals surface area contributed by atoms with Crippen molar-refractivity contribution in [2.75, 3.05) is 0 Å². The van der Waals surface area contributed by atoms with Crippen LogP contribution in [0.15, 0.2) is 54.6 Å². The van der Waals surface area contributed by atoms with E-state index < -0.39 is 26.4 Å². The number of aliphatic carboxylic acids is 1. The second-order valence-corrected chi connectivity index (χ2v) is 7.85. The number of carbonyl (C=O) groups is 2. The van der Waals surface area contributed by atoms with E-state index in [-0.39, 0.29) is 4.57 Å². The predicted octanol–water partition coefficient (Wildman–Crippen LogP) is 2.82. The molecule has 4 heteroatoms. The minimum absolute atomic E-state index is 0.0143. The second-order valence-electron chi connectivity index (χ2n) is 4.48. The van der Waals surface area contributed by atoms with Gasteiger partial charge in [-0.15, -0.1) is 0 Å². The van der Waals surface area contributed by atoms with Gasteiger partial charge < -0.3 is 0 Å². The third-order valence-electron chi connectivity index (χ3n) is 2.97. The summed E-state index contributed by atoms with van der Waals surface area (Å²) in [6.45, 7) is 1.60. The molecule has 0 aliphatic heterocycles. The third-order valence-corrected chi connectivity index (χ3v) is 5.55. The van der Waals surface area contributed by atoms with Gasteiger partial charge in [0.2, 0.25) is 0 Å². The number of carboxylic acids is 1. The first kappa shape index (κ1) is 14.5. The van der Waals surface area contributed by atoms with Crippen LogP contribution < -0.4 is 0 Å². The fourth-order valence-electron chi connectivity index (χ4n) is 1.79. The molecule has 0 saturated carbocycles. The molecule has 3 nitrogen and oxygen atoms in total. The summed E-state index contributed by atoms with van der Waals surface area (Å²) in [6.07, 6.45) is 0. The zero-order chi connectivity index (χ0) is 14.5. The van der Waals surface area contributed by atoms with Gasteiger partial charge in [-0.25, -0.2) is 0 Å². The first-order chi connectivity index (χ1) is 9.58. The number of benzene rings is 2. The molecular formula is C16H15AsO3. The van der Waals surface area contributed by atoms with Gasteiger partial charge in [0.1, 0.15) is 0 Å². The van der Waals surface area contributed by atoms with E-state index in [2.05, 4.69) is 0 Å². The van der Waals surface area contributed by atoms with Crippen molar-refractivity contribution in [1.29, 1.82) is 0 Å². The van der Waals surface area contributed by atoms with E-state index in [0.717, 1.165) is 11.1 Å². The summed E-state index contributed by atoms with van der Waals surface area (Å²) in [4.78, 5) is 22.8. The van der Waals surface area contributed by atoms with Crippen molar-refractivity contribution in [3.05, 3.63) is 60.2 Å². The predicted molar refractivity (Wildman–Crippen MR) is 80.4 cm³/mol. The summed E-state index contributed by atoms with van der Waals surface area (Å²) < 4.78 is -0.546. The van der Waals surface area contributed by atoms with E-state index in [9.17, 15) is 9.59 Å². The number of carbonyl (C=O) groups excluding carboxylic acids is 1. The molecule has 0 saturated heterocycles. The monoisotopic (exact) mass is 330 g/mol. The van der Waals surface area contributed by atoms with E-state index in [1.807, 2.05) is 42.5 Å². The van der Waals surface area contributed by atoms with Crippen LogP contribution >= 0.6 is 0 Å². The van der Waals surface area contributed by atoms with Gasteiger partial charge in [-0.2, -0.15) is 0 Å². The maximum atomic E-state index is 12.0. The van der Waals surface area contributed by atoms with Gasteiger partial charge in [0, 0.05) is 0 Å². The van der Waals surface area contributed by atoms with Crippen LogP contribution in [0.3, 0.4) is 0 Å². The molecule has 0 heterocycles. The average molecular weight is 330 g/mol. The van der Waals surface area contributed by atoms with Crippen LogP contribution in [0, 0.1) is 0 Å². The number of carboxylic acid groups (broad SMARTS) is 1. The van der Waals surface area contributed by atoms with Crippen LogP contribution in [0.25, 0.3) is 11.1 Å². The van der Waals surface area contributed by atoms with Crippen LogP contribution in [0.1, 0.15) is 17.3 Å². The Balaban J connectivity index is 2.12. The van der Waals surface area contributed by atoms with Gasteiger partial charge >= 0.3 is 124 Å². The Hall–Kier alpha value is -1.86. The Bertz CT molecular complexity index is 605. The third kappa shape index (κ3) is 3.58. The fourth-order valence-corrected chi connectivity index (χ4v) is 3.57. The summed E-state index contributed by atoms with van der Waals surface area (Å²) in [5, 5.41) is 8.85. The molecule has 0 amide bonds. The van der Waals surface area contributed by atoms with Crippen molar-refractivity contribution in [3.63, 3.8) is 0 Å². The number of hydrogen-bond acceptors (Lipinski definition) is 2. The molecule has 102 valence electrons. The Morgan fingerprint density at radius 3 is 2.05 bits per heavy atom. The van der Waals surface area contributed by atoms with Crippen molar-refractivity contribution in [3.8, 4) is 11.1 Å². The Morgan fingerprint density at radius 1 is 0.950 bits per heavy atom. The molecule has 0 spiro atoms. The molecule has 0 fully saturated rings. The van der Waals surface area contributed by atoms with Gasteiger partial charge in [0.05, 0.1) is 0 Å². The SMILES string of the molecule is C[C@@H]([AsH]C(=O)c1ccc(-c2ccccc2)cc1)C(=O)O. The minimum atomic E-state index is -1.17. The molecule has 2 atom stereocenters. The van der Waals surface area contributed by atoms with Crippen molar-refractivity contribution < 1.29 is 14.7 Å². The van der Waals surface area contributed by atoms with Crippen molar-refractivity contribution in [2.24, 2.45) is 0 Å². The van der Waals surface area contributed by atoms with Crippen molar-refractivity contribution in [1.82, 2.24) is 0 Å². The molecule has 2 aromatic carbocycles. The van der Waals surface area contributed by atoms with Gasteiger partial charge in [0.25, 0.3) is 0 Å². The zero-order valence-corrected chi connectivity index (χ0v) is 13.1. The Morgan fingerprint density at radius 2 is 1.50 bits per heavy atom. The van der Waals surface area contributed by atoms with Crippen molar-refractivity contribution >= 4 is 26.3 Å². The van der Waals surface area contributed by atoms with E-state index >= 15 is 0 Å². The fraction of sp³-hybridized carbons (Fsp3) is 0.125. The average Bonchev–Trinajstić information content (AvgIpc) is 2.48. The summed E-state index contributed by atoms with van der Waals surface area (Å²) >= 11 is -1.17. The Kier molecular flexibility index (Phi) is 4.75. The zero-order valence-electron chi connectivity index (χ0n) is 11.0. The van der Waals surface area contributed by atoms with Crippen LogP contribution in [0.5, 0.6) is 0 Å². The van der Waals surface area contributed by atoms with E-state index in [4.69, 9.17) is 5.11 Å². The van der Waals surface area contributed by atoms with Crippen LogP contribution in [-0.4, -0.2) is 31.4 Å². The summed E-state index contributed by atoms with van der Waals surface area (Å²) in [6, 6.07) is 17.3. The summed E-state index contributed by atoms with van der Waals surface area (Å²) in [5.41, 5.74) is 2.76. The standard InChI is InChI=1S/C16H15AsO3/c1-11(16(19)20)17-15(18)14-9-7-13(8-10-14)12-5-3-2-4-6-12/h2-11,17H,1H3,(H,19,20)/t11-/m1/s1. The number of rotatable bonds is 5. The first-order valence-electron chi connectivity index (χ1n) is 6.27. The summed E-state index contributed by atoms with van der Waals surface area (Å²) in [7, 11) is 0. The van der Waals surface area contributed by atoms with Gasteiger partial charge in [0.15, 0.2) is 0 Å². The molecule has 0 aliphatic carbocycles. The molecule has 1 N–H and O–H groups in total. The van der Waals surface area contributed by atoms with Crippen LogP contribution in [0.2, 0.25) is 4.71 Å². The van der Waals surface area contributed by atoms with E-state index in [1.54, 1.807) is 19.1 Å². The Labute approximate surface area is 124 Å². The van der Waals surface area contributed by atoms with E-state index in [0.29, 0.717) is 5.56 Å². The quantitative estimate of drug-likeness (QED) is 0.858. The molecule has 2 rings (SSSR count). The van der Waals surface area contributed by atoms with E-state index in [1.165, 1.54) is 0 Å². The van der Waals surface area contributed by atoms with Gasteiger partial charge in [-0.1, -0.05) is 0 Å². The van der Waals surface area contributed by atoms with Gasteiger partial charge in [-0.3, -0.25) is 0 Å².